The standard InChI is InChI=1S/C33H38N2O3/c1-4-13-35-28-8-6-5-7-27(28)33(2,3)32(35)12-10-23-9-11-24-19-25-20-26(22-34-14-16-37-17-15-34)29(36)21-31(25)38-30(24)18-23/h5-8,10,12,18-21,30H,4,9,11,13-17,22H2,1-3H3/p+1. The second-order valence-corrected chi connectivity index (χ2v) is 11.4. The summed E-state index contributed by atoms with van der Waals surface area (Å²) in [5.74, 6) is 1.07. The van der Waals surface area contributed by atoms with E-state index in [2.05, 4.69) is 84.9 Å². The van der Waals surface area contributed by atoms with Gasteiger partial charge in [0.2, 0.25) is 5.69 Å². The summed E-state index contributed by atoms with van der Waals surface area (Å²) >= 11 is 0. The topological polar surface area (TPSA) is 44.9 Å². The third-order valence-electron chi connectivity index (χ3n) is 8.44. The molecule has 5 heteroatoms. The van der Waals surface area contributed by atoms with E-state index in [0.717, 1.165) is 75.5 Å². The van der Waals surface area contributed by atoms with Crippen LogP contribution < -0.4 is 4.74 Å². The highest BCUT2D eigenvalue weighted by Gasteiger charge is 2.43. The molecule has 0 spiro atoms. The van der Waals surface area contributed by atoms with Gasteiger partial charge in [0.15, 0.2) is 5.71 Å². The van der Waals surface area contributed by atoms with Crippen molar-refractivity contribution < 1.29 is 19.2 Å². The predicted molar refractivity (Wildman–Crippen MR) is 153 cm³/mol. The van der Waals surface area contributed by atoms with Crippen LogP contribution in [0.4, 0.5) is 5.69 Å². The van der Waals surface area contributed by atoms with E-state index >= 15 is 0 Å². The minimum Gasteiger partial charge on any atom is -0.507 e. The zero-order chi connectivity index (χ0) is 26.3. The van der Waals surface area contributed by atoms with Crippen molar-refractivity contribution >= 4 is 17.5 Å². The molecule has 3 aliphatic heterocycles. The zero-order valence-electron chi connectivity index (χ0n) is 22.9. The summed E-state index contributed by atoms with van der Waals surface area (Å²) in [4.78, 5) is 2.33. The molecule has 4 aliphatic rings. The Bertz CT molecular complexity index is 1360. The maximum absolute atomic E-state index is 10.8. The summed E-state index contributed by atoms with van der Waals surface area (Å²) in [5, 5.41) is 10.8. The number of aromatic hydroxyl groups is 1. The van der Waals surface area contributed by atoms with E-state index in [0.29, 0.717) is 5.75 Å². The quantitative estimate of drug-likeness (QED) is 0.474. The first-order valence-corrected chi connectivity index (χ1v) is 14.1. The van der Waals surface area contributed by atoms with Crippen LogP contribution in [0.5, 0.6) is 11.5 Å². The normalized spacial score (nSPS) is 22.4. The summed E-state index contributed by atoms with van der Waals surface area (Å²) in [6.45, 7) is 12.0. The highest BCUT2D eigenvalue weighted by molar-refractivity contribution is 6.03. The number of phenolic OH excluding ortho intramolecular Hbond substituents is 1. The van der Waals surface area contributed by atoms with Crippen LogP contribution in [0.3, 0.4) is 0 Å². The largest absolute Gasteiger partial charge is 0.507 e. The maximum Gasteiger partial charge on any atom is 0.209 e. The van der Waals surface area contributed by atoms with Gasteiger partial charge >= 0.3 is 0 Å². The molecule has 1 aliphatic carbocycles. The third-order valence-corrected chi connectivity index (χ3v) is 8.44. The summed E-state index contributed by atoms with van der Waals surface area (Å²) in [6.07, 6.45) is 12.2. The number of morpholine rings is 1. The van der Waals surface area contributed by atoms with E-state index in [1.54, 1.807) is 6.07 Å². The zero-order valence-corrected chi connectivity index (χ0v) is 22.9. The van der Waals surface area contributed by atoms with Crippen molar-refractivity contribution in [2.24, 2.45) is 0 Å². The van der Waals surface area contributed by atoms with Gasteiger partial charge in [-0.1, -0.05) is 31.2 Å². The number of hydrogen-bond donors (Lipinski definition) is 1. The molecule has 0 saturated carbocycles. The van der Waals surface area contributed by atoms with Crippen LogP contribution in [0, 0.1) is 0 Å². The third kappa shape index (κ3) is 4.63. The lowest BCUT2D eigenvalue weighted by molar-refractivity contribution is -0.437. The van der Waals surface area contributed by atoms with Gasteiger partial charge in [-0.3, -0.25) is 4.90 Å². The lowest BCUT2D eigenvalue weighted by atomic mass is 9.81. The smallest absolute Gasteiger partial charge is 0.209 e. The number of phenols is 1. The predicted octanol–water partition coefficient (Wildman–Crippen LogP) is 6.13. The molecule has 38 heavy (non-hydrogen) atoms. The Labute approximate surface area is 226 Å². The van der Waals surface area contributed by atoms with E-state index in [4.69, 9.17) is 9.47 Å². The van der Waals surface area contributed by atoms with Gasteiger partial charge in [0.1, 0.15) is 24.1 Å². The Kier molecular flexibility index (Phi) is 6.75. The van der Waals surface area contributed by atoms with E-state index in [-0.39, 0.29) is 11.5 Å². The van der Waals surface area contributed by atoms with Gasteiger partial charge < -0.3 is 14.6 Å². The molecule has 6 rings (SSSR count). The van der Waals surface area contributed by atoms with Crippen LogP contribution >= 0.6 is 0 Å². The molecule has 0 amide bonds. The monoisotopic (exact) mass is 511 g/mol. The summed E-state index contributed by atoms with van der Waals surface area (Å²) in [7, 11) is 0. The molecular weight excluding hydrogens is 472 g/mol. The number of hydrogen-bond acceptors (Lipinski definition) is 4. The Morgan fingerprint density at radius 1 is 1.11 bits per heavy atom. The van der Waals surface area contributed by atoms with Gasteiger partial charge in [0.25, 0.3) is 0 Å². The molecule has 1 saturated heterocycles. The number of para-hydroxylation sites is 1. The van der Waals surface area contributed by atoms with Crippen LogP contribution in [0.2, 0.25) is 0 Å². The van der Waals surface area contributed by atoms with Crippen molar-refractivity contribution in [3.8, 4) is 11.5 Å². The molecular formula is C33H39N2O3+. The van der Waals surface area contributed by atoms with Crippen LogP contribution in [0.1, 0.15) is 56.7 Å². The fourth-order valence-electron chi connectivity index (χ4n) is 6.32. The average Bonchev–Trinajstić information content (AvgIpc) is 3.13. The van der Waals surface area contributed by atoms with Gasteiger partial charge in [-0.2, -0.15) is 4.58 Å². The minimum atomic E-state index is -0.0778. The number of ether oxygens (including phenoxy) is 2. The van der Waals surface area contributed by atoms with Crippen LogP contribution in [0.25, 0.3) is 6.08 Å². The van der Waals surface area contributed by atoms with Gasteiger partial charge in [-0.05, 0) is 56.1 Å². The Hall–Kier alpha value is -3.15. The van der Waals surface area contributed by atoms with E-state index in [9.17, 15) is 5.11 Å². The van der Waals surface area contributed by atoms with Crippen molar-refractivity contribution in [2.75, 3.05) is 32.8 Å². The molecule has 1 atom stereocenters. The van der Waals surface area contributed by atoms with Crippen molar-refractivity contribution in [3.63, 3.8) is 0 Å². The lowest BCUT2D eigenvalue weighted by Crippen LogP contribution is -2.35. The van der Waals surface area contributed by atoms with Gasteiger partial charge in [0.05, 0.1) is 18.6 Å². The highest BCUT2D eigenvalue weighted by atomic mass is 16.5. The number of nitrogens with zero attached hydrogens (tertiary/aromatic N) is 2. The van der Waals surface area contributed by atoms with Crippen molar-refractivity contribution in [2.45, 2.75) is 58.1 Å². The first kappa shape index (κ1) is 25.1. The Balaban J connectivity index is 1.23. The first-order valence-electron chi connectivity index (χ1n) is 14.1. The second-order valence-electron chi connectivity index (χ2n) is 11.4. The molecule has 0 bridgehead atoms. The Morgan fingerprint density at radius 3 is 2.74 bits per heavy atom. The van der Waals surface area contributed by atoms with Crippen LogP contribution in [-0.4, -0.2) is 59.2 Å². The van der Waals surface area contributed by atoms with E-state index in [1.165, 1.54) is 28.1 Å². The fourth-order valence-corrected chi connectivity index (χ4v) is 6.32. The maximum atomic E-state index is 10.8. The van der Waals surface area contributed by atoms with Gasteiger partial charge in [-0.15, -0.1) is 0 Å². The molecule has 1 N–H and O–H groups in total. The number of benzene rings is 2. The summed E-state index contributed by atoms with van der Waals surface area (Å²) < 4.78 is 14.4. The van der Waals surface area contributed by atoms with Crippen LogP contribution in [0.15, 0.2) is 65.8 Å². The molecule has 5 nitrogen and oxygen atoms in total. The molecule has 1 unspecified atom stereocenters. The van der Waals surface area contributed by atoms with E-state index in [1.807, 2.05) is 0 Å². The molecule has 1 fully saturated rings. The number of rotatable bonds is 6. The number of allylic oxidation sites excluding steroid dienone is 3. The van der Waals surface area contributed by atoms with Crippen molar-refractivity contribution in [1.82, 2.24) is 4.90 Å². The molecule has 3 heterocycles. The van der Waals surface area contributed by atoms with Crippen molar-refractivity contribution in [1.29, 1.82) is 0 Å². The summed E-state index contributed by atoms with van der Waals surface area (Å²) in [5.41, 5.74) is 8.70. The van der Waals surface area contributed by atoms with Crippen LogP contribution in [-0.2, 0) is 16.7 Å². The Morgan fingerprint density at radius 2 is 1.92 bits per heavy atom. The summed E-state index contributed by atoms with van der Waals surface area (Å²) in [6, 6.07) is 12.7. The highest BCUT2D eigenvalue weighted by Crippen LogP contribution is 2.41. The molecule has 0 aromatic heterocycles. The average molecular weight is 512 g/mol. The molecule has 0 radical (unpaired) electrons. The first-order chi connectivity index (χ1) is 18.4. The molecule has 2 aromatic carbocycles. The number of fused-ring (bicyclic) bond motifs is 3. The van der Waals surface area contributed by atoms with E-state index < -0.39 is 0 Å². The SMILES string of the molecule is CCC[N+]1=C(C=CC2=CC3Oc4cc(O)c(CN5CCOCC5)cc4C=C3CC2)C(C)(C)c2ccccc21. The molecule has 2 aromatic rings. The van der Waals surface area contributed by atoms with Gasteiger partial charge in [0, 0.05) is 61.0 Å². The molecule has 198 valence electrons. The van der Waals surface area contributed by atoms with Crippen molar-refractivity contribution in [3.05, 3.63) is 82.5 Å². The van der Waals surface area contributed by atoms with Gasteiger partial charge in [-0.25, -0.2) is 0 Å². The fraction of sp³-hybridized carbons (Fsp3) is 0.424. The minimum absolute atomic E-state index is 0.0285. The second kappa shape index (κ2) is 10.2. The lowest BCUT2D eigenvalue weighted by Gasteiger charge is -2.30.